The number of methoxy groups -OCH3 is 3. The molecule has 0 spiro atoms. The first-order chi connectivity index (χ1) is 27.6. The molecular formula is C50H64N3O5+. The number of ether oxygens (including phenoxy) is 4. The van der Waals surface area contributed by atoms with E-state index >= 15 is 0 Å². The summed E-state index contributed by atoms with van der Waals surface area (Å²) in [5.41, 5.74) is 11.4. The van der Waals surface area contributed by atoms with Gasteiger partial charge >= 0.3 is 6.09 Å². The number of carbonyl (C=O) groups excluding carboxylic acids is 1. The van der Waals surface area contributed by atoms with Gasteiger partial charge in [0, 0.05) is 75.3 Å². The summed E-state index contributed by atoms with van der Waals surface area (Å²) < 4.78 is 25.3. The summed E-state index contributed by atoms with van der Waals surface area (Å²) in [6.07, 6.45) is 12.0. The Kier molecular flexibility index (Phi) is 12.9. The lowest BCUT2D eigenvalue weighted by Crippen LogP contribution is -2.34. The smallest absolute Gasteiger partial charge is 0.414 e. The topological polar surface area (TPSA) is 63.5 Å². The van der Waals surface area contributed by atoms with Crippen LogP contribution in [0.1, 0.15) is 89.5 Å². The number of benzene rings is 3. The Morgan fingerprint density at radius 2 is 1.59 bits per heavy atom. The molecule has 308 valence electrons. The fourth-order valence-corrected chi connectivity index (χ4v) is 8.89. The van der Waals surface area contributed by atoms with Gasteiger partial charge in [-0.3, -0.25) is 4.90 Å². The van der Waals surface area contributed by atoms with E-state index in [4.69, 9.17) is 18.9 Å². The first kappa shape index (κ1) is 42.7. The zero-order valence-corrected chi connectivity index (χ0v) is 36.7. The molecule has 58 heavy (non-hydrogen) atoms. The lowest BCUT2D eigenvalue weighted by molar-refractivity contribution is -0.438. The summed E-state index contributed by atoms with van der Waals surface area (Å²) in [4.78, 5) is 18.4. The minimum atomic E-state index is -0.826. The number of rotatable bonds is 15. The highest BCUT2D eigenvalue weighted by Gasteiger charge is 2.45. The van der Waals surface area contributed by atoms with E-state index in [0.717, 1.165) is 66.9 Å². The van der Waals surface area contributed by atoms with E-state index in [9.17, 15) is 4.79 Å². The lowest BCUT2D eigenvalue weighted by Gasteiger charge is -2.30. The van der Waals surface area contributed by atoms with E-state index in [1.54, 1.807) is 26.2 Å². The van der Waals surface area contributed by atoms with Crippen molar-refractivity contribution in [3.63, 3.8) is 0 Å². The predicted molar refractivity (Wildman–Crippen MR) is 236 cm³/mol. The fraction of sp³-hybridized carbons (Fsp3) is 0.440. The Bertz CT molecular complexity index is 2150. The predicted octanol–water partition coefficient (Wildman–Crippen LogP) is 10.7. The summed E-state index contributed by atoms with van der Waals surface area (Å²) in [5, 5.41) is 0. The van der Waals surface area contributed by atoms with Crippen LogP contribution in [0.5, 0.6) is 5.75 Å². The van der Waals surface area contributed by atoms with Crippen molar-refractivity contribution in [2.75, 3.05) is 59.6 Å². The van der Waals surface area contributed by atoms with Gasteiger partial charge in [0.1, 0.15) is 11.4 Å². The second-order valence-electron chi connectivity index (χ2n) is 17.3. The summed E-state index contributed by atoms with van der Waals surface area (Å²) in [6, 6.07) is 23.1. The highest BCUT2D eigenvalue weighted by molar-refractivity contribution is 6.03. The zero-order chi connectivity index (χ0) is 41.8. The lowest BCUT2D eigenvalue weighted by atomic mass is 9.81. The molecule has 0 fully saturated rings. The molecule has 1 amide bonds. The van der Waals surface area contributed by atoms with E-state index in [0.29, 0.717) is 13.2 Å². The number of nitrogens with zero attached hydrogens (tertiary/aromatic N) is 3. The quantitative estimate of drug-likeness (QED) is 0.113. The van der Waals surface area contributed by atoms with E-state index < -0.39 is 11.7 Å². The highest BCUT2D eigenvalue weighted by atomic mass is 16.6. The first-order valence-electron chi connectivity index (χ1n) is 20.7. The van der Waals surface area contributed by atoms with Crippen molar-refractivity contribution < 1.29 is 28.3 Å². The van der Waals surface area contributed by atoms with Crippen LogP contribution in [-0.4, -0.2) is 76.0 Å². The molecule has 3 aromatic rings. The van der Waals surface area contributed by atoms with Gasteiger partial charge in [0.2, 0.25) is 5.69 Å². The second-order valence-corrected chi connectivity index (χ2v) is 17.3. The Hall–Kier alpha value is -4.92. The molecule has 6 rings (SSSR count). The maximum Gasteiger partial charge on any atom is 0.414 e. The van der Waals surface area contributed by atoms with Gasteiger partial charge in [-0.1, -0.05) is 74.0 Å². The number of allylic oxidation sites excluding steroid dienone is 7. The average molecular weight is 787 g/mol. The number of aryl methyl sites for hydroxylation is 1. The van der Waals surface area contributed by atoms with Crippen LogP contribution in [-0.2, 0) is 30.6 Å². The van der Waals surface area contributed by atoms with Crippen LogP contribution in [0.3, 0.4) is 0 Å². The first-order valence-corrected chi connectivity index (χ1v) is 20.7. The second kappa shape index (κ2) is 17.5. The van der Waals surface area contributed by atoms with Crippen molar-refractivity contribution in [2.24, 2.45) is 0 Å². The van der Waals surface area contributed by atoms with Gasteiger partial charge < -0.3 is 23.8 Å². The third-order valence-corrected chi connectivity index (χ3v) is 12.2. The van der Waals surface area contributed by atoms with Crippen molar-refractivity contribution >= 4 is 23.2 Å². The number of amides is 1. The molecule has 0 bridgehead atoms. The molecule has 1 aliphatic carbocycles. The van der Waals surface area contributed by atoms with Crippen molar-refractivity contribution in [2.45, 2.75) is 90.6 Å². The number of carbonyl (C=O) groups is 1. The van der Waals surface area contributed by atoms with Crippen LogP contribution in [0, 0.1) is 6.92 Å². The molecule has 2 aliphatic heterocycles. The van der Waals surface area contributed by atoms with Gasteiger partial charge in [-0.15, -0.1) is 0 Å². The summed E-state index contributed by atoms with van der Waals surface area (Å²) in [6.45, 7) is 18.3. The van der Waals surface area contributed by atoms with Crippen LogP contribution in [0.25, 0.3) is 0 Å². The summed E-state index contributed by atoms with van der Waals surface area (Å²) >= 11 is 0. The van der Waals surface area contributed by atoms with Gasteiger partial charge in [-0.25, -0.2) is 4.79 Å². The largest absolute Gasteiger partial charge is 0.497 e. The van der Waals surface area contributed by atoms with Crippen LogP contribution in [0.4, 0.5) is 16.2 Å². The minimum Gasteiger partial charge on any atom is -0.497 e. The Labute approximate surface area is 347 Å². The normalized spacial score (nSPS) is 18.5. The molecule has 0 saturated carbocycles. The van der Waals surface area contributed by atoms with E-state index in [-0.39, 0.29) is 10.8 Å². The molecule has 3 aromatic carbocycles. The van der Waals surface area contributed by atoms with Crippen molar-refractivity contribution in [1.82, 2.24) is 4.90 Å². The Balaban J connectivity index is 1.44. The number of fused-ring (bicyclic) bond motifs is 2. The summed E-state index contributed by atoms with van der Waals surface area (Å²) in [7, 11) is 7.08. The van der Waals surface area contributed by atoms with Crippen LogP contribution in [0.2, 0.25) is 0 Å². The fourth-order valence-electron chi connectivity index (χ4n) is 8.89. The highest BCUT2D eigenvalue weighted by Crippen LogP contribution is 2.49. The van der Waals surface area contributed by atoms with Crippen LogP contribution < -0.4 is 9.64 Å². The van der Waals surface area contributed by atoms with Crippen molar-refractivity contribution in [1.29, 1.82) is 0 Å². The van der Waals surface area contributed by atoms with Gasteiger partial charge in [-0.05, 0) is 100 Å². The molecule has 8 nitrogen and oxygen atoms in total. The SMILES string of the molecule is COCCCN1/C(=C/C=C2\CCC(/C=C/C3=[N+](CCCOC)c4ccc(OC)cc4C3(C)C)=C2N(C)C(=O)OC(C)(C)c2ccccc2)C(C)(C)c2cc(C)ccc21. The summed E-state index contributed by atoms with van der Waals surface area (Å²) in [5.74, 6) is 0.845. The van der Waals surface area contributed by atoms with E-state index in [1.165, 1.54) is 39.5 Å². The molecule has 3 aliphatic rings. The molecule has 0 atom stereocenters. The van der Waals surface area contributed by atoms with Crippen molar-refractivity contribution in [3.05, 3.63) is 136 Å². The molecular weight excluding hydrogens is 723 g/mol. The standard InChI is InChI=1S/C50H64N3O5/c1-35-19-25-42-40(33-35)48(2,3)44(52(42)29-15-31-55-9)27-22-36-20-21-37(46(36)51(8)47(54)58-50(6,7)38-17-13-12-14-18-38)23-28-45-49(4,5)41-34-39(57-11)24-26-43(41)53(45)30-16-32-56-10/h12-14,17-19,22-28,33-34H,15-16,20-21,29-32H2,1-11H3/q+1. The third kappa shape index (κ3) is 8.46. The van der Waals surface area contributed by atoms with E-state index in [1.807, 2.05) is 57.3 Å². The molecule has 0 unspecified atom stereocenters. The van der Waals surface area contributed by atoms with Crippen LogP contribution >= 0.6 is 0 Å². The Morgan fingerprint density at radius 3 is 2.29 bits per heavy atom. The maximum atomic E-state index is 14.3. The zero-order valence-electron chi connectivity index (χ0n) is 36.7. The Morgan fingerprint density at radius 1 is 0.862 bits per heavy atom. The maximum absolute atomic E-state index is 14.3. The van der Waals surface area contributed by atoms with Gasteiger partial charge in [-0.2, -0.15) is 4.58 Å². The minimum absolute atomic E-state index is 0.212. The number of likely N-dealkylation sites (N-methyl/N-ethyl adjacent to an activating group) is 1. The number of hydrogen-bond acceptors (Lipinski definition) is 6. The van der Waals surface area contributed by atoms with Gasteiger partial charge in [0.15, 0.2) is 12.3 Å². The molecule has 8 heteroatoms. The molecule has 2 heterocycles. The number of anilines is 1. The van der Waals surface area contributed by atoms with Crippen molar-refractivity contribution in [3.8, 4) is 5.75 Å². The van der Waals surface area contributed by atoms with Crippen LogP contribution in [0.15, 0.2) is 114 Å². The van der Waals surface area contributed by atoms with Gasteiger partial charge in [0.05, 0.1) is 24.8 Å². The molecule has 0 N–H and O–H groups in total. The number of hydrogen-bond donors (Lipinski definition) is 0. The van der Waals surface area contributed by atoms with Gasteiger partial charge in [0.25, 0.3) is 0 Å². The molecule has 0 aromatic heterocycles. The molecule has 0 saturated heterocycles. The average Bonchev–Trinajstić information content (AvgIpc) is 3.77. The van der Waals surface area contributed by atoms with E-state index in [2.05, 4.69) is 98.7 Å². The third-order valence-electron chi connectivity index (χ3n) is 12.2. The molecule has 0 radical (unpaired) electrons. The monoisotopic (exact) mass is 786 g/mol.